The Hall–Kier alpha value is -3.25. The van der Waals surface area contributed by atoms with Crippen LogP contribution >= 0.6 is 15.9 Å². The van der Waals surface area contributed by atoms with Gasteiger partial charge in [-0.25, -0.2) is 4.79 Å². The molecule has 0 fully saturated rings. The largest absolute Gasteiger partial charge is 0.465 e. The molecule has 28 heavy (non-hydrogen) atoms. The monoisotopic (exact) mass is 434 g/mol. The van der Waals surface area contributed by atoms with E-state index in [0.29, 0.717) is 33.7 Å². The zero-order chi connectivity index (χ0) is 19.7. The highest BCUT2D eigenvalue weighted by Crippen LogP contribution is 2.27. The van der Waals surface area contributed by atoms with Crippen LogP contribution in [0.1, 0.15) is 26.4 Å². The number of benzene rings is 1. The number of aromatic nitrogens is 2. The highest BCUT2D eigenvalue weighted by molar-refractivity contribution is 9.10. The summed E-state index contributed by atoms with van der Waals surface area (Å²) in [6, 6.07) is 19.7. The third-order valence-corrected chi connectivity index (χ3v) is 4.99. The maximum atomic E-state index is 13.3. The number of rotatable bonds is 4. The van der Waals surface area contributed by atoms with Gasteiger partial charge in [-0.05, 0) is 54.6 Å². The van der Waals surface area contributed by atoms with Gasteiger partial charge in [-0.2, -0.15) is 0 Å². The molecule has 4 aromatic rings. The fourth-order valence-electron chi connectivity index (χ4n) is 3.16. The standard InChI is InChI=1S/C22H15BrN2O3/c1-28-22(27)16-13-20(21(26)14-8-10-15(23)11-9-14)25-18(16)6-4-7-19(25)17-5-2-3-12-24-17/h2-13H,1H3. The Bertz CT molecular complexity index is 1180. The van der Waals surface area contributed by atoms with Gasteiger partial charge in [-0.3, -0.25) is 9.78 Å². The number of pyridine rings is 2. The van der Waals surface area contributed by atoms with E-state index in [9.17, 15) is 9.59 Å². The highest BCUT2D eigenvalue weighted by Gasteiger charge is 2.23. The Morgan fingerprint density at radius 3 is 2.46 bits per heavy atom. The zero-order valence-electron chi connectivity index (χ0n) is 14.9. The lowest BCUT2D eigenvalue weighted by atomic mass is 10.1. The summed E-state index contributed by atoms with van der Waals surface area (Å²) in [5, 5.41) is 0. The molecule has 0 N–H and O–H groups in total. The van der Waals surface area contributed by atoms with Crippen molar-refractivity contribution in [3.63, 3.8) is 0 Å². The van der Waals surface area contributed by atoms with Crippen LogP contribution in [0, 0.1) is 0 Å². The molecule has 0 spiro atoms. The topological polar surface area (TPSA) is 60.7 Å². The number of carbonyl (C=O) groups excluding carboxylic acids is 2. The maximum Gasteiger partial charge on any atom is 0.340 e. The van der Waals surface area contributed by atoms with Gasteiger partial charge in [-0.15, -0.1) is 0 Å². The van der Waals surface area contributed by atoms with Crippen LogP contribution in [0.2, 0.25) is 0 Å². The molecule has 0 aliphatic heterocycles. The molecule has 4 rings (SSSR count). The number of fused-ring (bicyclic) bond motifs is 1. The highest BCUT2D eigenvalue weighted by atomic mass is 79.9. The van der Waals surface area contributed by atoms with Crippen molar-refractivity contribution in [2.24, 2.45) is 0 Å². The smallest absolute Gasteiger partial charge is 0.340 e. The number of nitrogens with zero attached hydrogens (tertiary/aromatic N) is 2. The summed E-state index contributed by atoms with van der Waals surface area (Å²) >= 11 is 3.38. The molecule has 5 nitrogen and oxygen atoms in total. The Kier molecular flexibility index (Phi) is 4.79. The van der Waals surface area contributed by atoms with Crippen molar-refractivity contribution in [3.8, 4) is 11.4 Å². The molecule has 0 unspecified atom stereocenters. The van der Waals surface area contributed by atoms with Gasteiger partial charge in [0.05, 0.1) is 35.3 Å². The van der Waals surface area contributed by atoms with Gasteiger partial charge < -0.3 is 9.14 Å². The number of esters is 1. The van der Waals surface area contributed by atoms with E-state index in [0.717, 1.165) is 4.47 Å². The van der Waals surface area contributed by atoms with Gasteiger partial charge in [0.25, 0.3) is 0 Å². The first-order chi connectivity index (χ1) is 13.6. The van der Waals surface area contributed by atoms with E-state index in [2.05, 4.69) is 20.9 Å². The van der Waals surface area contributed by atoms with Crippen molar-refractivity contribution >= 4 is 33.2 Å². The molecular formula is C22H15BrN2O3. The predicted molar refractivity (Wildman–Crippen MR) is 110 cm³/mol. The number of carbonyl (C=O) groups is 2. The van der Waals surface area contributed by atoms with E-state index in [1.807, 2.05) is 42.5 Å². The second-order valence-electron chi connectivity index (χ2n) is 6.12. The molecular weight excluding hydrogens is 420 g/mol. The Morgan fingerprint density at radius 1 is 1.00 bits per heavy atom. The van der Waals surface area contributed by atoms with Crippen molar-refractivity contribution in [1.82, 2.24) is 9.38 Å². The van der Waals surface area contributed by atoms with Crippen LogP contribution in [0.5, 0.6) is 0 Å². The minimum Gasteiger partial charge on any atom is -0.465 e. The summed E-state index contributed by atoms with van der Waals surface area (Å²) in [6.45, 7) is 0. The van der Waals surface area contributed by atoms with Gasteiger partial charge in [0, 0.05) is 16.2 Å². The van der Waals surface area contributed by atoms with Crippen LogP contribution < -0.4 is 0 Å². The molecule has 1 aromatic carbocycles. The number of halogens is 1. The summed E-state index contributed by atoms with van der Waals surface area (Å²) < 4.78 is 7.56. The van der Waals surface area contributed by atoms with Crippen LogP contribution in [0.25, 0.3) is 16.9 Å². The van der Waals surface area contributed by atoms with Crippen LogP contribution in [-0.2, 0) is 4.74 Å². The van der Waals surface area contributed by atoms with E-state index in [1.165, 1.54) is 7.11 Å². The van der Waals surface area contributed by atoms with Gasteiger partial charge in [-0.1, -0.05) is 28.1 Å². The molecule has 0 bridgehead atoms. The van der Waals surface area contributed by atoms with Crippen LogP contribution in [0.3, 0.4) is 0 Å². The van der Waals surface area contributed by atoms with Gasteiger partial charge in [0.15, 0.2) is 0 Å². The van der Waals surface area contributed by atoms with Gasteiger partial charge >= 0.3 is 5.97 Å². The van der Waals surface area contributed by atoms with E-state index in [4.69, 9.17) is 4.74 Å². The molecule has 0 aliphatic rings. The second-order valence-corrected chi connectivity index (χ2v) is 7.03. The minimum atomic E-state index is -0.495. The number of ether oxygens (including phenoxy) is 1. The molecule has 3 heterocycles. The summed E-state index contributed by atoms with van der Waals surface area (Å²) in [4.78, 5) is 30.0. The van der Waals surface area contributed by atoms with E-state index in [-0.39, 0.29) is 5.78 Å². The number of hydrogen-bond acceptors (Lipinski definition) is 4. The first kappa shape index (κ1) is 18.1. The Morgan fingerprint density at radius 2 is 1.79 bits per heavy atom. The van der Waals surface area contributed by atoms with E-state index >= 15 is 0 Å². The molecule has 6 heteroatoms. The molecule has 0 aliphatic carbocycles. The third-order valence-electron chi connectivity index (χ3n) is 4.46. The normalized spacial score (nSPS) is 10.8. The van der Waals surface area contributed by atoms with Crippen molar-refractivity contribution < 1.29 is 14.3 Å². The number of methoxy groups -OCH3 is 1. The molecule has 138 valence electrons. The summed E-state index contributed by atoms with van der Waals surface area (Å²) in [5.41, 5.74) is 3.24. The average Bonchev–Trinajstić information content (AvgIpc) is 3.13. The quantitative estimate of drug-likeness (QED) is 0.342. The van der Waals surface area contributed by atoms with Crippen molar-refractivity contribution in [1.29, 1.82) is 0 Å². The van der Waals surface area contributed by atoms with Gasteiger partial charge in [0.2, 0.25) is 5.78 Å². The molecule has 0 atom stereocenters. The number of hydrogen-bond donors (Lipinski definition) is 0. The second kappa shape index (κ2) is 7.40. The fraction of sp³-hybridized carbons (Fsp3) is 0.0455. The lowest BCUT2D eigenvalue weighted by Gasteiger charge is -2.09. The summed E-state index contributed by atoms with van der Waals surface area (Å²) in [7, 11) is 1.32. The van der Waals surface area contributed by atoms with Crippen molar-refractivity contribution in [3.05, 3.63) is 94.2 Å². The van der Waals surface area contributed by atoms with Gasteiger partial charge in [0.1, 0.15) is 0 Å². The van der Waals surface area contributed by atoms with Crippen LogP contribution in [0.4, 0.5) is 0 Å². The summed E-state index contributed by atoms with van der Waals surface area (Å²) in [6.07, 6.45) is 1.69. The van der Waals surface area contributed by atoms with E-state index < -0.39 is 5.97 Å². The van der Waals surface area contributed by atoms with Crippen molar-refractivity contribution in [2.75, 3.05) is 7.11 Å². The van der Waals surface area contributed by atoms with Crippen LogP contribution in [0.15, 0.2) is 77.4 Å². The molecule has 0 saturated heterocycles. The SMILES string of the molecule is COC(=O)c1cc(C(=O)c2ccc(Br)cc2)n2c(-c3ccccn3)cccc12. The van der Waals surface area contributed by atoms with Crippen molar-refractivity contribution in [2.45, 2.75) is 0 Å². The molecule has 0 amide bonds. The average molecular weight is 435 g/mol. The zero-order valence-corrected chi connectivity index (χ0v) is 16.5. The lowest BCUT2D eigenvalue weighted by Crippen LogP contribution is -2.07. The lowest BCUT2D eigenvalue weighted by molar-refractivity contribution is 0.0603. The molecule has 0 radical (unpaired) electrons. The van der Waals surface area contributed by atoms with E-state index in [1.54, 1.807) is 34.9 Å². The Labute approximate surface area is 169 Å². The number of ketones is 1. The predicted octanol–water partition coefficient (Wildman–Crippen LogP) is 4.78. The Balaban J connectivity index is 2.00. The summed E-state index contributed by atoms with van der Waals surface area (Å²) in [5.74, 6) is -0.688. The molecule has 3 aromatic heterocycles. The first-order valence-corrected chi connectivity index (χ1v) is 9.34. The first-order valence-electron chi connectivity index (χ1n) is 8.54. The van der Waals surface area contributed by atoms with Crippen LogP contribution in [-0.4, -0.2) is 28.2 Å². The minimum absolute atomic E-state index is 0.193. The third kappa shape index (κ3) is 3.12. The maximum absolute atomic E-state index is 13.3. The fourth-order valence-corrected chi connectivity index (χ4v) is 3.42. The molecule has 0 saturated carbocycles.